The minimum atomic E-state index is 1.02. The van der Waals surface area contributed by atoms with Crippen molar-refractivity contribution < 1.29 is 0 Å². The Bertz CT molecular complexity index is 108. The summed E-state index contributed by atoms with van der Waals surface area (Å²) in [6.45, 7) is 4.14. The largest absolute Gasteiger partial charge is 0.317 e. The van der Waals surface area contributed by atoms with Gasteiger partial charge in [-0.15, -0.1) is 6.42 Å². The summed E-state index contributed by atoms with van der Waals surface area (Å²) in [6, 6.07) is 0. The Morgan fingerprint density at radius 3 is 3.00 bits per heavy atom. The minimum Gasteiger partial charge on any atom is -0.317 e. The zero-order chi connectivity index (χ0) is 6.95. The Labute approximate surface area is 57.2 Å². The van der Waals surface area contributed by atoms with Crippen LogP contribution in [0.2, 0.25) is 0 Å². The first-order chi connectivity index (χ1) is 4.41. The van der Waals surface area contributed by atoms with Gasteiger partial charge in [-0.05, 0) is 25.6 Å². The van der Waals surface area contributed by atoms with Gasteiger partial charge >= 0.3 is 0 Å². The Morgan fingerprint density at radius 2 is 2.44 bits per heavy atom. The lowest BCUT2D eigenvalue weighted by Gasteiger charge is -1.93. The number of nitrogens with one attached hydrogen (secondary N) is 1. The molecule has 0 radical (unpaired) electrons. The van der Waals surface area contributed by atoms with Crippen LogP contribution < -0.4 is 5.32 Å². The molecule has 50 valence electrons. The van der Waals surface area contributed by atoms with Crippen molar-refractivity contribution in [1.29, 1.82) is 0 Å². The molecule has 0 unspecified atom stereocenters. The van der Waals surface area contributed by atoms with Crippen LogP contribution in [0.3, 0.4) is 0 Å². The molecular weight excluding hydrogens is 110 g/mol. The van der Waals surface area contributed by atoms with Crippen LogP contribution in [0.4, 0.5) is 0 Å². The molecule has 1 nitrogen and oxygen atoms in total. The molecule has 0 saturated carbocycles. The molecule has 0 amide bonds. The standard InChI is InChI=1S/C8H13N/c1-3-5-6-7-8-9-4-2/h1,5-6,9H,4,7-8H2,2H3. The Balaban J connectivity index is 2.93. The fraction of sp³-hybridized carbons (Fsp3) is 0.500. The first-order valence-electron chi connectivity index (χ1n) is 3.23. The van der Waals surface area contributed by atoms with Gasteiger partial charge in [-0.1, -0.05) is 18.9 Å². The Morgan fingerprint density at radius 1 is 1.67 bits per heavy atom. The lowest BCUT2D eigenvalue weighted by molar-refractivity contribution is 0.727. The molecule has 0 atom stereocenters. The van der Waals surface area contributed by atoms with Gasteiger partial charge in [0.25, 0.3) is 0 Å². The number of terminal acetylenes is 1. The van der Waals surface area contributed by atoms with Crippen molar-refractivity contribution in [2.45, 2.75) is 13.3 Å². The van der Waals surface area contributed by atoms with E-state index in [1.807, 2.05) is 6.08 Å². The third-order valence-corrected chi connectivity index (χ3v) is 0.952. The molecule has 0 aromatic carbocycles. The summed E-state index contributed by atoms with van der Waals surface area (Å²) in [5.41, 5.74) is 0. The van der Waals surface area contributed by atoms with Crippen molar-refractivity contribution in [3.63, 3.8) is 0 Å². The van der Waals surface area contributed by atoms with Gasteiger partial charge in [0.1, 0.15) is 0 Å². The molecule has 0 aliphatic rings. The molecule has 9 heavy (non-hydrogen) atoms. The van der Waals surface area contributed by atoms with Gasteiger partial charge in [-0.25, -0.2) is 0 Å². The van der Waals surface area contributed by atoms with Gasteiger partial charge < -0.3 is 5.32 Å². The molecular formula is C8H13N. The van der Waals surface area contributed by atoms with Crippen molar-refractivity contribution in [3.8, 4) is 12.3 Å². The lowest BCUT2D eigenvalue weighted by Crippen LogP contribution is -2.12. The first-order valence-corrected chi connectivity index (χ1v) is 3.23. The van der Waals surface area contributed by atoms with E-state index in [0.29, 0.717) is 0 Å². The van der Waals surface area contributed by atoms with Crippen LogP contribution in [0.1, 0.15) is 13.3 Å². The smallest absolute Gasteiger partial charge is 0.00141 e. The maximum absolute atomic E-state index is 4.99. The van der Waals surface area contributed by atoms with Gasteiger partial charge in [0, 0.05) is 0 Å². The number of hydrogen-bond acceptors (Lipinski definition) is 1. The molecule has 0 spiro atoms. The highest BCUT2D eigenvalue weighted by Crippen LogP contribution is 1.77. The summed E-state index contributed by atoms with van der Waals surface area (Å²) >= 11 is 0. The van der Waals surface area contributed by atoms with Crippen molar-refractivity contribution in [1.82, 2.24) is 5.32 Å². The van der Waals surface area contributed by atoms with Crippen molar-refractivity contribution in [3.05, 3.63) is 12.2 Å². The van der Waals surface area contributed by atoms with Crippen molar-refractivity contribution in [2.24, 2.45) is 0 Å². The van der Waals surface area contributed by atoms with E-state index in [-0.39, 0.29) is 0 Å². The van der Waals surface area contributed by atoms with Gasteiger partial charge in [-0.3, -0.25) is 0 Å². The highest BCUT2D eigenvalue weighted by Gasteiger charge is 1.76. The molecule has 0 fully saturated rings. The summed E-state index contributed by atoms with van der Waals surface area (Å²) in [4.78, 5) is 0. The van der Waals surface area contributed by atoms with Crippen molar-refractivity contribution >= 4 is 0 Å². The third kappa shape index (κ3) is 7.26. The molecule has 0 aliphatic carbocycles. The van der Waals surface area contributed by atoms with Crippen LogP contribution in [0.25, 0.3) is 0 Å². The average molecular weight is 123 g/mol. The van der Waals surface area contributed by atoms with Gasteiger partial charge in [0.15, 0.2) is 0 Å². The minimum absolute atomic E-state index is 1.02. The van der Waals surface area contributed by atoms with E-state index in [1.165, 1.54) is 0 Å². The molecule has 0 rings (SSSR count). The summed E-state index contributed by atoms with van der Waals surface area (Å²) in [7, 11) is 0. The van der Waals surface area contributed by atoms with E-state index < -0.39 is 0 Å². The van der Waals surface area contributed by atoms with Gasteiger partial charge in [0.2, 0.25) is 0 Å². The molecule has 0 aromatic rings. The van der Waals surface area contributed by atoms with E-state index >= 15 is 0 Å². The predicted octanol–water partition coefficient (Wildman–Crippen LogP) is 1.18. The Hall–Kier alpha value is -0.740. The van der Waals surface area contributed by atoms with E-state index in [9.17, 15) is 0 Å². The molecule has 0 heterocycles. The van der Waals surface area contributed by atoms with Crippen LogP contribution in [-0.2, 0) is 0 Å². The van der Waals surface area contributed by atoms with Crippen LogP contribution in [-0.4, -0.2) is 13.1 Å². The second kappa shape index (κ2) is 7.26. The number of allylic oxidation sites excluding steroid dienone is 1. The van der Waals surface area contributed by atoms with Gasteiger partial charge in [-0.2, -0.15) is 0 Å². The maximum atomic E-state index is 4.99. The van der Waals surface area contributed by atoms with Crippen molar-refractivity contribution in [2.75, 3.05) is 13.1 Å². The summed E-state index contributed by atoms with van der Waals surface area (Å²) < 4.78 is 0. The van der Waals surface area contributed by atoms with Gasteiger partial charge in [0.05, 0.1) is 0 Å². The maximum Gasteiger partial charge on any atom is -0.00141 e. The quantitative estimate of drug-likeness (QED) is 0.437. The van der Waals surface area contributed by atoms with Crippen LogP contribution in [0.5, 0.6) is 0 Å². The van der Waals surface area contributed by atoms with E-state index in [1.54, 1.807) is 6.08 Å². The molecule has 0 aromatic heterocycles. The third-order valence-electron chi connectivity index (χ3n) is 0.952. The Kier molecular flexibility index (Phi) is 6.66. The van der Waals surface area contributed by atoms with E-state index in [4.69, 9.17) is 6.42 Å². The monoisotopic (exact) mass is 123 g/mol. The second-order valence-corrected chi connectivity index (χ2v) is 1.71. The molecule has 0 aliphatic heterocycles. The lowest BCUT2D eigenvalue weighted by atomic mass is 10.4. The van der Waals surface area contributed by atoms with Crippen LogP contribution in [0, 0.1) is 12.3 Å². The average Bonchev–Trinajstić information content (AvgIpc) is 1.89. The fourth-order valence-corrected chi connectivity index (χ4v) is 0.514. The molecule has 1 heteroatoms. The second-order valence-electron chi connectivity index (χ2n) is 1.71. The number of hydrogen-bond donors (Lipinski definition) is 1. The SMILES string of the molecule is C#CC=CCCNCC. The predicted molar refractivity (Wildman–Crippen MR) is 41.1 cm³/mol. The summed E-state index contributed by atoms with van der Waals surface area (Å²) in [6.07, 6.45) is 9.73. The van der Waals surface area contributed by atoms with E-state index in [2.05, 4.69) is 18.2 Å². The van der Waals surface area contributed by atoms with Crippen LogP contribution in [0.15, 0.2) is 12.2 Å². The highest BCUT2D eigenvalue weighted by molar-refractivity contribution is 5.08. The topological polar surface area (TPSA) is 12.0 Å². The molecule has 1 N–H and O–H groups in total. The number of rotatable bonds is 4. The fourth-order valence-electron chi connectivity index (χ4n) is 0.514. The molecule has 0 bridgehead atoms. The molecule has 0 saturated heterocycles. The summed E-state index contributed by atoms with van der Waals surface area (Å²) in [5, 5.41) is 3.19. The zero-order valence-corrected chi connectivity index (χ0v) is 5.85. The summed E-state index contributed by atoms with van der Waals surface area (Å²) in [5.74, 6) is 2.44. The highest BCUT2D eigenvalue weighted by atomic mass is 14.8. The first kappa shape index (κ1) is 8.26. The normalized spacial score (nSPS) is 9.78. The van der Waals surface area contributed by atoms with E-state index in [0.717, 1.165) is 19.5 Å². The van der Waals surface area contributed by atoms with Crippen LogP contribution >= 0.6 is 0 Å². The zero-order valence-electron chi connectivity index (χ0n) is 5.85.